The first-order valence-electron chi connectivity index (χ1n) is 5.55. The summed E-state index contributed by atoms with van der Waals surface area (Å²) in [6, 6.07) is 11.5. The average Bonchev–Trinajstić information content (AvgIpc) is 3.01. The monoisotopic (exact) mass is 333 g/mol. The Balaban J connectivity index is 2.02. The van der Waals surface area contributed by atoms with Gasteiger partial charge < -0.3 is 4.84 Å². The third-order valence-electron chi connectivity index (χ3n) is 2.61. The molecule has 0 N–H and O–H groups in total. The standard InChI is InChI=1S/C14H8BrNO2S/c15-10-4-1-3-9(7-10)8-11-13(16-18-14(11)17)12-5-2-6-19-12/h1-8H/b11-8+. The molecule has 2 aromatic rings. The Morgan fingerprint density at radius 3 is 2.89 bits per heavy atom. The molecule has 0 fully saturated rings. The Morgan fingerprint density at radius 2 is 2.16 bits per heavy atom. The zero-order chi connectivity index (χ0) is 13.2. The van der Waals surface area contributed by atoms with Gasteiger partial charge in [-0.15, -0.1) is 11.3 Å². The number of rotatable bonds is 2. The zero-order valence-corrected chi connectivity index (χ0v) is 12.1. The number of thiophene rings is 1. The molecule has 0 saturated carbocycles. The van der Waals surface area contributed by atoms with Crippen LogP contribution in [-0.4, -0.2) is 11.7 Å². The number of hydrogen-bond acceptors (Lipinski definition) is 4. The van der Waals surface area contributed by atoms with Gasteiger partial charge in [0.15, 0.2) is 0 Å². The van der Waals surface area contributed by atoms with E-state index < -0.39 is 5.97 Å². The van der Waals surface area contributed by atoms with Crippen molar-refractivity contribution in [2.75, 3.05) is 0 Å². The van der Waals surface area contributed by atoms with Gasteiger partial charge in [-0.3, -0.25) is 0 Å². The maximum absolute atomic E-state index is 11.8. The molecule has 1 aromatic carbocycles. The van der Waals surface area contributed by atoms with E-state index in [-0.39, 0.29) is 0 Å². The molecule has 0 amide bonds. The van der Waals surface area contributed by atoms with E-state index in [9.17, 15) is 4.79 Å². The molecule has 5 heteroatoms. The topological polar surface area (TPSA) is 38.7 Å². The van der Waals surface area contributed by atoms with E-state index in [1.54, 1.807) is 6.08 Å². The van der Waals surface area contributed by atoms with Crippen molar-refractivity contribution in [1.29, 1.82) is 0 Å². The first-order chi connectivity index (χ1) is 9.24. The van der Waals surface area contributed by atoms with E-state index in [1.165, 1.54) is 11.3 Å². The molecule has 0 aliphatic carbocycles. The van der Waals surface area contributed by atoms with Crippen molar-refractivity contribution in [2.24, 2.45) is 5.16 Å². The van der Waals surface area contributed by atoms with Crippen LogP contribution in [0.4, 0.5) is 0 Å². The lowest BCUT2D eigenvalue weighted by Crippen LogP contribution is -2.05. The Hall–Kier alpha value is -1.72. The van der Waals surface area contributed by atoms with E-state index in [0.717, 1.165) is 14.9 Å². The lowest BCUT2D eigenvalue weighted by atomic mass is 10.1. The van der Waals surface area contributed by atoms with Gasteiger partial charge in [0.2, 0.25) is 0 Å². The molecule has 19 heavy (non-hydrogen) atoms. The molecular weight excluding hydrogens is 326 g/mol. The van der Waals surface area contributed by atoms with Crippen molar-refractivity contribution in [3.8, 4) is 0 Å². The van der Waals surface area contributed by atoms with Crippen LogP contribution >= 0.6 is 27.3 Å². The third-order valence-corrected chi connectivity index (χ3v) is 3.98. The number of hydrogen-bond donors (Lipinski definition) is 0. The van der Waals surface area contributed by atoms with Gasteiger partial charge in [-0.2, -0.15) is 0 Å². The summed E-state index contributed by atoms with van der Waals surface area (Å²) in [6.07, 6.45) is 1.79. The number of nitrogens with zero attached hydrogens (tertiary/aromatic N) is 1. The van der Waals surface area contributed by atoms with Crippen LogP contribution < -0.4 is 0 Å². The highest BCUT2D eigenvalue weighted by atomic mass is 79.9. The van der Waals surface area contributed by atoms with Crippen LogP contribution in [0.25, 0.3) is 6.08 Å². The molecule has 94 valence electrons. The molecule has 1 aliphatic heterocycles. The maximum atomic E-state index is 11.8. The number of halogens is 1. The van der Waals surface area contributed by atoms with Crippen molar-refractivity contribution in [1.82, 2.24) is 0 Å². The minimum Gasteiger partial charge on any atom is -0.312 e. The summed E-state index contributed by atoms with van der Waals surface area (Å²) < 4.78 is 0.961. The van der Waals surface area contributed by atoms with Gasteiger partial charge in [-0.05, 0) is 35.2 Å². The van der Waals surface area contributed by atoms with Crippen molar-refractivity contribution in [3.05, 3.63) is 62.3 Å². The molecule has 0 radical (unpaired) electrons. The fourth-order valence-corrected chi connectivity index (χ4v) is 2.90. The zero-order valence-electron chi connectivity index (χ0n) is 9.67. The molecule has 2 heterocycles. The van der Waals surface area contributed by atoms with Crippen LogP contribution in [-0.2, 0) is 9.63 Å². The van der Waals surface area contributed by atoms with Gasteiger partial charge in [-0.25, -0.2) is 4.79 Å². The molecule has 1 aromatic heterocycles. The summed E-state index contributed by atoms with van der Waals surface area (Å²) in [7, 11) is 0. The van der Waals surface area contributed by atoms with Gasteiger partial charge in [-0.1, -0.05) is 39.3 Å². The summed E-state index contributed by atoms with van der Waals surface area (Å²) in [4.78, 5) is 17.5. The molecule has 0 unspecified atom stereocenters. The van der Waals surface area contributed by atoms with Gasteiger partial charge in [0, 0.05) is 4.47 Å². The smallest absolute Gasteiger partial charge is 0.312 e. The van der Waals surface area contributed by atoms with Gasteiger partial charge in [0.05, 0.1) is 10.5 Å². The lowest BCUT2D eigenvalue weighted by molar-refractivity contribution is -0.136. The van der Waals surface area contributed by atoms with Crippen LogP contribution in [0.15, 0.2) is 57.0 Å². The normalized spacial score (nSPS) is 16.6. The molecule has 0 bridgehead atoms. The molecule has 1 aliphatic rings. The first kappa shape index (κ1) is 12.3. The second-order valence-electron chi connectivity index (χ2n) is 3.91. The predicted molar refractivity (Wildman–Crippen MR) is 79.1 cm³/mol. The van der Waals surface area contributed by atoms with Gasteiger partial charge >= 0.3 is 5.97 Å². The summed E-state index contributed by atoms with van der Waals surface area (Å²) in [5.74, 6) is -0.414. The van der Waals surface area contributed by atoms with Crippen molar-refractivity contribution >= 4 is 45.0 Å². The second kappa shape index (κ2) is 5.11. The first-order valence-corrected chi connectivity index (χ1v) is 7.22. The maximum Gasteiger partial charge on any atom is 0.368 e. The van der Waals surface area contributed by atoms with Crippen LogP contribution in [0.2, 0.25) is 0 Å². The van der Waals surface area contributed by atoms with Crippen LogP contribution in [0.1, 0.15) is 10.4 Å². The molecule has 3 nitrogen and oxygen atoms in total. The molecule has 0 spiro atoms. The van der Waals surface area contributed by atoms with Crippen LogP contribution in [0, 0.1) is 0 Å². The Labute approximate surface area is 122 Å². The lowest BCUT2D eigenvalue weighted by Gasteiger charge is -1.98. The van der Waals surface area contributed by atoms with E-state index in [2.05, 4.69) is 21.1 Å². The summed E-state index contributed by atoms with van der Waals surface area (Å²) in [6.45, 7) is 0. The average molecular weight is 334 g/mol. The Bertz CT molecular complexity index is 689. The SMILES string of the molecule is O=C1ON=C(c2cccs2)/C1=C\c1cccc(Br)c1. The van der Waals surface area contributed by atoms with Gasteiger partial charge in [0.1, 0.15) is 5.71 Å². The number of carbonyl (C=O) groups is 1. The Kier molecular flexibility index (Phi) is 3.31. The fourth-order valence-electron chi connectivity index (χ4n) is 1.76. The van der Waals surface area contributed by atoms with Crippen molar-refractivity contribution < 1.29 is 9.63 Å². The molecule has 0 saturated heterocycles. The van der Waals surface area contributed by atoms with Crippen molar-refractivity contribution in [2.45, 2.75) is 0 Å². The fraction of sp³-hybridized carbons (Fsp3) is 0. The highest BCUT2D eigenvalue weighted by Crippen LogP contribution is 2.24. The van der Waals surface area contributed by atoms with Crippen molar-refractivity contribution in [3.63, 3.8) is 0 Å². The summed E-state index contributed by atoms with van der Waals surface area (Å²) in [5, 5.41) is 5.80. The Morgan fingerprint density at radius 1 is 1.26 bits per heavy atom. The minimum atomic E-state index is -0.414. The quantitative estimate of drug-likeness (QED) is 0.618. The molecule has 3 rings (SSSR count). The summed E-state index contributed by atoms with van der Waals surface area (Å²) >= 11 is 4.93. The summed E-state index contributed by atoms with van der Waals surface area (Å²) in [5.41, 5.74) is 2.01. The molecule has 0 atom stereocenters. The second-order valence-corrected chi connectivity index (χ2v) is 5.77. The molecular formula is C14H8BrNO2S. The van der Waals surface area contributed by atoms with Crippen LogP contribution in [0.3, 0.4) is 0 Å². The number of carbonyl (C=O) groups excluding carboxylic acids is 1. The number of oxime groups is 1. The van der Waals surface area contributed by atoms with Crippen LogP contribution in [0.5, 0.6) is 0 Å². The minimum absolute atomic E-state index is 0.414. The predicted octanol–water partition coefficient (Wildman–Crippen LogP) is 3.86. The van der Waals surface area contributed by atoms with E-state index in [1.807, 2.05) is 41.8 Å². The van der Waals surface area contributed by atoms with E-state index in [4.69, 9.17) is 4.84 Å². The van der Waals surface area contributed by atoms with E-state index in [0.29, 0.717) is 11.3 Å². The number of benzene rings is 1. The van der Waals surface area contributed by atoms with E-state index >= 15 is 0 Å². The third kappa shape index (κ3) is 2.52. The highest BCUT2D eigenvalue weighted by molar-refractivity contribution is 9.10. The van der Waals surface area contributed by atoms with Gasteiger partial charge in [0.25, 0.3) is 0 Å². The highest BCUT2D eigenvalue weighted by Gasteiger charge is 2.27. The largest absolute Gasteiger partial charge is 0.368 e.